The molecule has 0 bridgehead atoms. The van der Waals surface area contributed by atoms with Crippen molar-refractivity contribution in [1.29, 1.82) is 0 Å². The molecule has 1 N–H and O–H groups in total. The second-order valence-corrected chi connectivity index (χ2v) is 6.79. The van der Waals surface area contributed by atoms with Crippen molar-refractivity contribution in [1.82, 2.24) is 0 Å². The molecule has 0 aliphatic heterocycles. The van der Waals surface area contributed by atoms with Gasteiger partial charge in [-0.1, -0.05) is 32.6 Å². The number of halogens is 1. The number of hydrogen-bond donors (Lipinski definition) is 1. The summed E-state index contributed by atoms with van der Waals surface area (Å²) in [5.74, 6) is 1.38. The number of aliphatic hydroxyl groups is 1. The summed E-state index contributed by atoms with van der Waals surface area (Å²) in [5.41, 5.74) is 1.09. The zero-order chi connectivity index (χ0) is 12.3. The van der Waals surface area contributed by atoms with Crippen molar-refractivity contribution in [3.05, 3.63) is 20.8 Å². The van der Waals surface area contributed by atoms with Crippen molar-refractivity contribution in [3.8, 4) is 0 Å². The highest BCUT2D eigenvalue weighted by Gasteiger charge is 2.28. The molecule has 1 saturated carbocycles. The van der Waals surface area contributed by atoms with E-state index >= 15 is 0 Å². The molecule has 1 aromatic rings. The summed E-state index contributed by atoms with van der Waals surface area (Å²) in [7, 11) is 0. The summed E-state index contributed by atoms with van der Waals surface area (Å²) in [5, 5.41) is 14.5. The zero-order valence-corrected chi connectivity index (χ0v) is 12.8. The molecule has 0 amide bonds. The molecule has 96 valence electrons. The summed E-state index contributed by atoms with van der Waals surface area (Å²) in [6.07, 6.45) is 7.38. The molecule has 1 unspecified atom stereocenters. The van der Waals surface area contributed by atoms with Crippen LogP contribution in [0.1, 0.15) is 57.1 Å². The summed E-state index contributed by atoms with van der Waals surface area (Å²) >= 11 is 5.18. The van der Waals surface area contributed by atoms with Crippen LogP contribution in [0.5, 0.6) is 0 Å². The van der Waals surface area contributed by atoms with Gasteiger partial charge >= 0.3 is 0 Å². The van der Waals surface area contributed by atoms with Crippen LogP contribution in [-0.4, -0.2) is 5.11 Å². The average molecular weight is 317 g/mol. The second-order valence-electron chi connectivity index (χ2n) is 5.19. The maximum Gasteiger partial charge on any atom is 0.0837 e. The third kappa shape index (κ3) is 3.33. The topological polar surface area (TPSA) is 20.2 Å². The van der Waals surface area contributed by atoms with Gasteiger partial charge in [-0.2, -0.15) is 11.3 Å². The van der Waals surface area contributed by atoms with Gasteiger partial charge in [-0.25, -0.2) is 0 Å². The Morgan fingerprint density at radius 1 is 1.35 bits per heavy atom. The van der Waals surface area contributed by atoms with E-state index in [1.54, 1.807) is 11.3 Å². The van der Waals surface area contributed by atoms with Crippen molar-refractivity contribution in [2.75, 3.05) is 0 Å². The van der Waals surface area contributed by atoms with E-state index in [1.807, 2.05) is 0 Å². The van der Waals surface area contributed by atoms with E-state index in [-0.39, 0.29) is 6.10 Å². The van der Waals surface area contributed by atoms with E-state index in [0.717, 1.165) is 16.0 Å². The standard InChI is InChI=1S/C14H21BrOS/c1-2-3-10-4-6-11(7-5-10)14(16)12-8-17-9-13(12)15/h8-11,14,16H,2-7H2,1H3. The first-order valence-corrected chi connectivity index (χ1v) is 8.35. The molecule has 1 heterocycles. The zero-order valence-electron chi connectivity index (χ0n) is 10.4. The van der Waals surface area contributed by atoms with Crippen molar-refractivity contribution < 1.29 is 5.11 Å². The smallest absolute Gasteiger partial charge is 0.0837 e. The minimum absolute atomic E-state index is 0.266. The molecule has 17 heavy (non-hydrogen) atoms. The lowest BCUT2D eigenvalue weighted by atomic mass is 9.77. The Bertz CT molecular complexity index is 342. The van der Waals surface area contributed by atoms with Crippen molar-refractivity contribution in [3.63, 3.8) is 0 Å². The summed E-state index contributed by atoms with van der Waals surface area (Å²) in [6, 6.07) is 0. The predicted octanol–water partition coefficient (Wildman–Crippen LogP) is 5.15. The van der Waals surface area contributed by atoms with Crippen LogP contribution in [-0.2, 0) is 0 Å². The van der Waals surface area contributed by atoms with E-state index in [4.69, 9.17) is 0 Å². The first kappa shape index (κ1) is 13.6. The van der Waals surface area contributed by atoms with Gasteiger partial charge in [0.25, 0.3) is 0 Å². The lowest BCUT2D eigenvalue weighted by molar-refractivity contribution is 0.0720. The van der Waals surface area contributed by atoms with E-state index in [2.05, 4.69) is 33.6 Å². The summed E-state index contributed by atoms with van der Waals surface area (Å²) in [4.78, 5) is 0. The van der Waals surface area contributed by atoms with Gasteiger partial charge in [0, 0.05) is 15.4 Å². The molecule has 1 fully saturated rings. The molecule has 2 rings (SSSR count). The fourth-order valence-corrected chi connectivity index (χ4v) is 4.52. The van der Waals surface area contributed by atoms with Gasteiger partial charge in [0.2, 0.25) is 0 Å². The normalized spacial score (nSPS) is 27.0. The van der Waals surface area contributed by atoms with E-state index in [1.165, 1.54) is 38.5 Å². The third-order valence-electron chi connectivity index (χ3n) is 4.00. The van der Waals surface area contributed by atoms with Crippen molar-refractivity contribution >= 4 is 27.3 Å². The van der Waals surface area contributed by atoms with Crippen LogP contribution in [0.25, 0.3) is 0 Å². The lowest BCUT2D eigenvalue weighted by Crippen LogP contribution is -2.20. The SMILES string of the molecule is CCCC1CCC(C(O)c2cscc2Br)CC1. The molecular formula is C14H21BrOS. The first-order chi connectivity index (χ1) is 8.22. The Labute approximate surface area is 116 Å². The maximum atomic E-state index is 10.4. The summed E-state index contributed by atoms with van der Waals surface area (Å²) < 4.78 is 1.07. The fourth-order valence-electron chi connectivity index (χ4n) is 2.96. The molecule has 0 aromatic carbocycles. The minimum Gasteiger partial charge on any atom is -0.388 e. The molecule has 0 radical (unpaired) electrons. The molecule has 1 aromatic heterocycles. The van der Waals surface area contributed by atoms with Gasteiger partial charge < -0.3 is 5.11 Å². The largest absolute Gasteiger partial charge is 0.388 e. The van der Waals surface area contributed by atoms with Crippen LogP contribution in [0.4, 0.5) is 0 Å². The van der Waals surface area contributed by atoms with Gasteiger partial charge in [0.05, 0.1) is 6.10 Å². The highest BCUT2D eigenvalue weighted by atomic mass is 79.9. The predicted molar refractivity (Wildman–Crippen MR) is 77.3 cm³/mol. The molecular weight excluding hydrogens is 296 g/mol. The quantitative estimate of drug-likeness (QED) is 0.814. The number of rotatable bonds is 4. The molecule has 1 aliphatic rings. The average Bonchev–Trinajstić information content (AvgIpc) is 2.76. The Balaban J connectivity index is 1.90. The van der Waals surface area contributed by atoms with E-state index in [0.29, 0.717) is 5.92 Å². The molecule has 1 atom stereocenters. The number of hydrogen-bond acceptors (Lipinski definition) is 2. The Kier molecular flexibility index (Phi) is 5.07. The van der Waals surface area contributed by atoms with Crippen LogP contribution in [0.2, 0.25) is 0 Å². The molecule has 0 spiro atoms. The van der Waals surface area contributed by atoms with E-state index in [9.17, 15) is 5.11 Å². The van der Waals surface area contributed by atoms with Gasteiger partial charge in [0.1, 0.15) is 0 Å². The fraction of sp³-hybridized carbons (Fsp3) is 0.714. The molecule has 1 nitrogen and oxygen atoms in total. The Morgan fingerprint density at radius 3 is 2.59 bits per heavy atom. The van der Waals surface area contributed by atoms with Gasteiger partial charge in [0.15, 0.2) is 0 Å². The van der Waals surface area contributed by atoms with Crippen molar-refractivity contribution in [2.24, 2.45) is 11.8 Å². The monoisotopic (exact) mass is 316 g/mol. The number of aliphatic hydroxyl groups excluding tert-OH is 1. The van der Waals surface area contributed by atoms with Crippen LogP contribution >= 0.6 is 27.3 Å². The Morgan fingerprint density at radius 2 is 2.06 bits per heavy atom. The molecule has 0 saturated heterocycles. The van der Waals surface area contributed by atoms with Crippen LogP contribution in [0.3, 0.4) is 0 Å². The van der Waals surface area contributed by atoms with Gasteiger partial charge in [-0.05, 0) is 46.0 Å². The van der Waals surface area contributed by atoms with E-state index < -0.39 is 0 Å². The van der Waals surface area contributed by atoms with Crippen LogP contribution in [0, 0.1) is 11.8 Å². The van der Waals surface area contributed by atoms with Gasteiger partial charge in [-0.15, -0.1) is 0 Å². The van der Waals surface area contributed by atoms with Crippen molar-refractivity contribution in [2.45, 2.75) is 51.6 Å². The Hall–Kier alpha value is 0.140. The third-order valence-corrected chi connectivity index (χ3v) is 5.75. The lowest BCUT2D eigenvalue weighted by Gasteiger charge is -2.31. The molecule has 1 aliphatic carbocycles. The highest BCUT2D eigenvalue weighted by molar-refractivity contribution is 9.10. The number of thiophene rings is 1. The highest BCUT2D eigenvalue weighted by Crippen LogP contribution is 2.40. The van der Waals surface area contributed by atoms with Gasteiger partial charge in [-0.3, -0.25) is 0 Å². The second kappa shape index (κ2) is 6.35. The maximum absolute atomic E-state index is 10.4. The first-order valence-electron chi connectivity index (χ1n) is 6.62. The molecule has 3 heteroatoms. The minimum atomic E-state index is -0.266. The summed E-state index contributed by atoms with van der Waals surface area (Å²) in [6.45, 7) is 2.27. The van der Waals surface area contributed by atoms with Crippen LogP contribution < -0.4 is 0 Å². The van der Waals surface area contributed by atoms with Crippen LogP contribution in [0.15, 0.2) is 15.2 Å².